The summed E-state index contributed by atoms with van der Waals surface area (Å²) in [5, 5.41) is 5.12. The second-order valence-corrected chi connectivity index (χ2v) is 7.60. The molecule has 0 aliphatic carbocycles. The zero-order valence-corrected chi connectivity index (χ0v) is 16.6. The number of benzene rings is 2. The van der Waals surface area contributed by atoms with Crippen LogP contribution in [0.5, 0.6) is 0 Å². The van der Waals surface area contributed by atoms with Crippen molar-refractivity contribution in [3.05, 3.63) is 78.3 Å². The summed E-state index contributed by atoms with van der Waals surface area (Å²) >= 11 is 0. The lowest BCUT2D eigenvalue weighted by molar-refractivity contribution is 0.0644. The number of carbonyl (C=O) groups excluding carboxylic acids is 1. The number of amides is 1. The van der Waals surface area contributed by atoms with Crippen molar-refractivity contribution in [3.8, 4) is 11.4 Å². The average Bonchev–Trinajstić information content (AvgIpc) is 3.17. The predicted octanol–water partition coefficient (Wildman–Crippen LogP) is 5.04. The van der Waals surface area contributed by atoms with Crippen molar-refractivity contribution in [1.82, 2.24) is 20.0 Å². The molecule has 0 spiro atoms. The van der Waals surface area contributed by atoms with Crippen molar-refractivity contribution in [2.45, 2.75) is 31.7 Å². The third kappa shape index (κ3) is 3.56. The van der Waals surface area contributed by atoms with Gasteiger partial charge in [0.25, 0.3) is 5.91 Å². The highest BCUT2D eigenvalue weighted by molar-refractivity contribution is 5.98. The van der Waals surface area contributed by atoms with Crippen LogP contribution < -0.4 is 0 Å². The van der Waals surface area contributed by atoms with Gasteiger partial charge >= 0.3 is 0 Å². The second kappa shape index (κ2) is 8.06. The molecule has 1 fully saturated rings. The van der Waals surface area contributed by atoms with Crippen LogP contribution in [-0.2, 0) is 0 Å². The predicted molar refractivity (Wildman–Crippen MR) is 114 cm³/mol. The first-order valence-corrected chi connectivity index (χ1v) is 10.3. The molecule has 6 heteroatoms. The molecule has 1 aliphatic heterocycles. The van der Waals surface area contributed by atoms with Crippen LogP contribution in [0.15, 0.2) is 71.4 Å². The fourth-order valence-corrected chi connectivity index (χ4v) is 4.06. The molecule has 1 amide bonds. The van der Waals surface area contributed by atoms with Crippen LogP contribution in [0.2, 0.25) is 0 Å². The number of rotatable bonds is 3. The molecule has 1 unspecified atom stereocenters. The molecule has 1 saturated heterocycles. The first-order chi connectivity index (χ1) is 14.8. The van der Waals surface area contributed by atoms with Gasteiger partial charge < -0.3 is 9.42 Å². The molecular weight excluding hydrogens is 376 g/mol. The minimum absolute atomic E-state index is 0.00730. The Morgan fingerprint density at radius 2 is 1.90 bits per heavy atom. The van der Waals surface area contributed by atoms with Crippen LogP contribution in [0.25, 0.3) is 22.3 Å². The first-order valence-electron chi connectivity index (χ1n) is 10.3. The number of likely N-dealkylation sites (tertiary alicyclic amines) is 1. The van der Waals surface area contributed by atoms with Crippen LogP contribution in [0.1, 0.15) is 48.0 Å². The van der Waals surface area contributed by atoms with E-state index in [1.54, 1.807) is 6.20 Å². The summed E-state index contributed by atoms with van der Waals surface area (Å²) in [6, 6.07) is 19.1. The van der Waals surface area contributed by atoms with Crippen LogP contribution in [-0.4, -0.2) is 32.5 Å². The summed E-state index contributed by atoms with van der Waals surface area (Å²) in [5.74, 6) is 1.05. The van der Waals surface area contributed by atoms with Crippen molar-refractivity contribution in [1.29, 1.82) is 0 Å². The normalized spacial score (nSPS) is 17.1. The number of aromatic nitrogens is 3. The quantitative estimate of drug-likeness (QED) is 0.483. The number of hydrogen-bond donors (Lipinski definition) is 0. The molecule has 4 aromatic rings. The number of hydrogen-bond acceptors (Lipinski definition) is 5. The zero-order chi connectivity index (χ0) is 20.3. The third-order valence-electron chi connectivity index (χ3n) is 5.62. The van der Waals surface area contributed by atoms with E-state index >= 15 is 0 Å². The monoisotopic (exact) mass is 398 g/mol. The Morgan fingerprint density at radius 1 is 1.00 bits per heavy atom. The Balaban J connectivity index is 1.47. The van der Waals surface area contributed by atoms with Crippen LogP contribution in [0, 0.1) is 0 Å². The van der Waals surface area contributed by atoms with Gasteiger partial charge in [0.15, 0.2) is 0 Å². The van der Waals surface area contributed by atoms with Crippen LogP contribution in [0.4, 0.5) is 0 Å². The van der Waals surface area contributed by atoms with E-state index in [1.807, 2.05) is 65.6 Å². The molecule has 0 N–H and O–H groups in total. The van der Waals surface area contributed by atoms with E-state index in [2.05, 4.69) is 15.1 Å². The highest BCUT2D eigenvalue weighted by Gasteiger charge is 2.31. The molecular formula is C24H22N4O2. The summed E-state index contributed by atoms with van der Waals surface area (Å²) in [7, 11) is 0. The van der Waals surface area contributed by atoms with E-state index in [9.17, 15) is 4.79 Å². The molecule has 2 aromatic carbocycles. The van der Waals surface area contributed by atoms with Crippen molar-refractivity contribution in [3.63, 3.8) is 0 Å². The Bertz CT molecular complexity index is 1170. The maximum Gasteiger partial charge on any atom is 0.254 e. The maximum absolute atomic E-state index is 13.5. The molecule has 30 heavy (non-hydrogen) atoms. The molecule has 1 aliphatic rings. The van der Waals surface area contributed by atoms with Gasteiger partial charge in [0, 0.05) is 29.3 Å². The molecule has 3 heterocycles. The van der Waals surface area contributed by atoms with E-state index in [-0.39, 0.29) is 11.9 Å². The SMILES string of the molecule is O=C(c1ccc2ncccc2c1)N1CCCCCC1c1nc(-c2ccccc2)no1. The summed E-state index contributed by atoms with van der Waals surface area (Å²) in [4.78, 5) is 24.4. The molecule has 0 saturated carbocycles. The largest absolute Gasteiger partial charge is 0.337 e. The topological polar surface area (TPSA) is 72.1 Å². The van der Waals surface area contributed by atoms with Gasteiger partial charge in [-0.25, -0.2) is 0 Å². The van der Waals surface area contributed by atoms with Gasteiger partial charge in [-0.05, 0) is 37.1 Å². The number of carbonyl (C=O) groups is 1. The number of fused-ring (bicyclic) bond motifs is 1. The summed E-state index contributed by atoms with van der Waals surface area (Å²) in [5.41, 5.74) is 2.44. The minimum atomic E-state index is -0.213. The van der Waals surface area contributed by atoms with Crippen molar-refractivity contribution in [2.75, 3.05) is 6.54 Å². The Hall–Kier alpha value is -3.54. The first kappa shape index (κ1) is 18.5. The molecule has 2 aromatic heterocycles. The Labute approximate surface area is 174 Å². The van der Waals surface area contributed by atoms with Gasteiger partial charge in [0.2, 0.25) is 11.7 Å². The van der Waals surface area contributed by atoms with Gasteiger partial charge in [0.1, 0.15) is 6.04 Å². The molecule has 5 rings (SSSR count). The fourth-order valence-electron chi connectivity index (χ4n) is 4.06. The smallest absolute Gasteiger partial charge is 0.254 e. The molecule has 0 radical (unpaired) electrons. The van der Waals surface area contributed by atoms with E-state index in [1.165, 1.54) is 0 Å². The molecule has 1 atom stereocenters. The van der Waals surface area contributed by atoms with Gasteiger partial charge in [0.05, 0.1) is 5.52 Å². The standard InChI is InChI=1S/C24H22N4O2/c29-24(19-12-13-20-18(16-19)10-7-14-25-20)28-15-6-2-5-11-21(28)23-26-22(27-30-23)17-8-3-1-4-9-17/h1,3-4,7-10,12-14,16,21H,2,5-6,11,15H2. The number of pyridine rings is 1. The van der Waals surface area contributed by atoms with E-state index in [4.69, 9.17) is 4.52 Å². The fraction of sp³-hybridized carbons (Fsp3) is 0.250. The van der Waals surface area contributed by atoms with Gasteiger partial charge in [-0.3, -0.25) is 9.78 Å². The number of nitrogens with zero attached hydrogens (tertiary/aromatic N) is 4. The zero-order valence-electron chi connectivity index (χ0n) is 16.6. The van der Waals surface area contributed by atoms with E-state index in [0.717, 1.165) is 42.1 Å². The van der Waals surface area contributed by atoms with Crippen LogP contribution in [0.3, 0.4) is 0 Å². The second-order valence-electron chi connectivity index (χ2n) is 7.60. The van der Waals surface area contributed by atoms with Crippen molar-refractivity contribution >= 4 is 16.8 Å². The lowest BCUT2D eigenvalue weighted by Crippen LogP contribution is -2.35. The Morgan fingerprint density at radius 3 is 2.80 bits per heavy atom. The van der Waals surface area contributed by atoms with Crippen molar-refractivity contribution < 1.29 is 9.32 Å². The molecule has 6 nitrogen and oxygen atoms in total. The minimum Gasteiger partial charge on any atom is -0.337 e. The van der Waals surface area contributed by atoms with Gasteiger partial charge in [-0.2, -0.15) is 4.98 Å². The van der Waals surface area contributed by atoms with E-state index < -0.39 is 0 Å². The molecule has 0 bridgehead atoms. The maximum atomic E-state index is 13.5. The summed E-state index contributed by atoms with van der Waals surface area (Å²) in [6.45, 7) is 0.678. The average molecular weight is 398 g/mol. The highest BCUT2D eigenvalue weighted by atomic mass is 16.5. The van der Waals surface area contributed by atoms with Crippen LogP contribution >= 0.6 is 0 Å². The lowest BCUT2D eigenvalue weighted by Gasteiger charge is -2.27. The third-order valence-corrected chi connectivity index (χ3v) is 5.62. The van der Waals surface area contributed by atoms with Crippen molar-refractivity contribution in [2.24, 2.45) is 0 Å². The van der Waals surface area contributed by atoms with Gasteiger partial charge in [-0.1, -0.05) is 54.4 Å². The van der Waals surface area contributed by atoms with Gasteiger partial charge in [-0.15, -0.1) is 0 Å². The lowest BCUT2D eigenvalue weighted by atomic mass is 10.1. The summed E-state index contributed by atoms with van der Waals surface area (Å²) < 4.78 is 5.64. The summed E-state index contributed by atoms with van der Waals surface area (Å²) in [6.07, 6.45) is 5.66. The highest BCUT2D eigenvalue weighted by Crippen LogP contribution is 2.32. The molecule has 150 valence electrons. The Kier molecular flexibility index (Phi) is 4.97. The van der Waals surface area contributed by atoms with E-state index in [0.29, 0.717) is 23.8 Å².